The van der Waals surface area contributed by atoms with Crippen LogP contribution in [-0.4, -0.2) is 32.9 Å². The minimum absolute atomic E-state index is 0.145. The second kappa shape index (κ2) is 6.40. The molecule has 2 rings (SSSR count). The van der Waals surface area contributed by atoms with Gasteiger partial charge in [-0.2, -0.15) is 5.10 Å². The number of carboxylic acids is 1. The maximum atomic E-state index is 11.8. The number of aromatic nitrogens is 2. The highest BCUT2D eigenvalue weighted by Gasteiger charge is 2.22. The lowest BCUT2D eigenvalue weighted by molar-refractivity contribution is -0.137. The molecule has 7 nitrogen and oxygen atoms in total. The molecule has 1 saturated carbocycles. The molecule has 0 aromatic carbocycles. The van der Waals surface area contributed by atoms with Gasteiger partial charge in [-0.15, -0.1) is 0 Å². The Morgan fingerprint density at radius 3 is 2.85 bits per heavy atom. The molecule has 0 spiro atoms. The van der Waals surface area contributed by atoms with Gasteiger partial charge in [0.1, 0.15) is 6.54 Å². The lowest BCUT2D eigenvalue weighted by atomic mass is 10.0. The third kappa shape index (κ3) is 3.97. The van der Waals surface area contributed by atoms with E-state index in [-0.39, 0.29) is 18.6 Å². The fourth-order valence-electron chi connectivity index (χ4n) is 2.60. The van der Waals surface area contributed by atoms with Gasteiger partial charge in [-0.05, 0) is 25.7 Å². The molecule has 1 unspecified atom stereocenters. The van der Waals surface area contributed by atoms with Crippen molar-refractivity contribution in [1.82, 2.24) is 15.1 Å². The topological polar surface area (TPSA) is 96.3 Å². The maximum absolute atomic E-state index is 11.8. The number of carbonyl (C=O) groups excluding carboxylic acids is 1. The van der Waals surface area contributed by atoms with Crippen molar-refractivity contribution in [2.24, 2.45) is 5.92 Å². The molecule has 1 aromatic rings. The van der Waals surface area contributed by atoms with Crippen molar-refractivity contribution in [3.05, 3.63) is 12.4 Å². The average molecular weight is 280 g/mol. The molecule has 0 radical (unpaired) electrons. The van der Waals surface area contributed by atoms with Crippen LogP contribution in [0, 0.1) is 5.92 Å². The van der Waals surface area contributed by atoms with E-state index in [9.17, 15) is 9.59 Å². The zero-order valence-electron chi connectivity index (χ0n) is 11.5. The number of anilines is 1. The van der Waals surface area contributed by atoms with Gasteiger partial charge in [0.05, 0.1) is 11.9 Å². The molecule has 110 valence electrons. The molecule has 1 aromatic heterocycles. The highest BCUT2D eigenvalue weighted by Crippen LogP contribution is 2.27. The quantitative estimate of drug-likeness (QED) is 0.764. The molecular formula is C13H20N4O3. The van der Waals surface area contributed by atoms with Gasteiger partial charge in [0, 0.05) is 12.2 Å². The summed E-state index contributed by atoms with van der Waals surface area (Å²) >= 11 is 0. The van der Waals surface area contributed by atoms with Crippen molar-refractivity contribution in [3.8, 4) is 0 Å². The zero-order chi connectivity index (χ0) is 14.5. The first-order valence-corrected chi connectivity index (χ1v) is 6.86. The monoisotopic (exact) mass is 280 g/mol. The number of urea groups is 1. The number of hydrogen-bond donors (Lipinski definition) is 3. The molecule has 2 amide bonds. The molecular weight excluding hydrogens is 260 g/mol. The summed E-state index contributed by atoms with van der Waals surface area (Å²) in [6.07, 6.45) is 7.73. The van der Waals surface area contributed by atoms with E-state index in [2.05, 4.69) is 15.7 Å². The van der Waals surface area contributed by atoms with Gasteiger partial charge in [-0.3, -0.25) is 9.48 Å². The Balaban J connectivity index is 1.81. The Bertz CT molecular complexity index is 480. The van der Waals surface area contributed by atoms with Gasteiger partial charge in [-0.1, -0.05) is 12.8 Å². The number of aliphatic carboxylic acids is 1. The number of carbonyl (C=O) groups is 2. The molecule has 1 fully saturated rings. The Morgan fingerprint density at radius 1 is 1.50 bits per heavy atom. The first kappa shape index (κ1) is 14.4. The lowest BCUT2D eigenvalue weighted by Crippen LogP contribution is -2.39. The number of hydrogen-bond acceptors (Lipinski definition) is 3. The third-order valence-electron chi connectivity index (χ3n) is 3.65. The number of amides is 2. The molecule has 1 atom stereocenters. The second-order valence-corrected chi connectivity index (χ2v) is 5.25. The predicted octanol–water partition coefficient (Wildman–Crippen LogP) is 1.67. The second-order valence-electron chi connectivity index (χ2n) is 5.25. The number of nitrogens with zero attached hydrogens (tertiary/aromatic N) is 2. The summed E-state index contributed by atoms with van der Waals surface area (Å²) in [5.41, 5.74) is 0.488. The van der Waals surface area contributed by atoms with Crippen molar-refractivity contribution in [2.45, 2.75) is 45.2 Å². The smallest absolute Gasteiger partial charge is 0.325 e. The van der Waals surface area contributed by atoms with Crippen LogP contribution in [0.15, 0.2) is 12.4 Å². The fraction of sp³-hybridized carbons (Fsp3) is 0.615. The Morgan fingerprint density at radius 2 is 2.20 bits per heavy atom. The molecule has 1 heterocycles. The van der Waals surface area contributed by atoms with E-state index in [1.807, 2.05) is 6.92 Å². The van der Waals surface area contributed by atoms with Gasteiger partial charge in [0.15, 0.2) is 0 Å². The van der Waals surface area contributed by atoms with Crippen molar-refractivity contribution in [3.63, 3.8) is 0 Å². The first-order valence-electron chi connectivity index (χ1n) is 6.86. The normalized spacial score (nSPS) is 16.9. The van der Waals surface area contributed by atoms with E-state index < -0.39 is 5.97 Å². The van der Waals surface area contributed by atoms with Crippen molar-refractivity contribution >= 4 is 17.7 Å². The third-order valence-corrected chi connectivity index (χ3v) is 3.65. The number of nitrogens with one attached hydrogen (secondary N) is 2. The molecule has 0 bridgehead atoms. The summed E-state index contributed by atoms with van der Waals surface area (Å²) in [5.74, 6) is -0.422. The summed E-state index contributed by atoms with van der Waals surface area (Å²) in [7, 11) is 0. The highest BCUT2D eigenvalue weighted by molar-refractivity contribution is 5.89. The van der Waals surface area contributed by atoms with Gasteiger partial charge in [0.2, 0.25) is 0 Å². The summed E-state index contributed by atoms with van der Waals surface area (Å²) < 4.78 is 1.26. The highest BCUT2D eigenvalue weighted by atomic mass is 16.4. The Kier molecular flexibility index (Phi) is 4.60. The van der Waals surface area contributed by atoms with Crippen LogP contribution in [0.25, 0.3) is 0 Å². The average Bonchev–Trinajstić information content (AvgIpc) is 2.99. The molecule has 1 aliphatic carbocycles. The number of rotatable bonds is 5. The van der Waals surface area contributed by atoms with Crippen LogP contribution in [0.5, 0.6) is 0 Å². The van der Waals surface area contributed by atoms with Crippen LogP contribution in [0.4, 0.5) is 10.5 Å². The first-order chi connectivity index (χ1) is 9.54. The zero-order valence-corrected chi connectivity index (χ0v) is 11.5. The molecule has 0 aliphatic heterocycles. The van der Waals surface area contributed by atoms with Crippen LogP contribution in [0.1, 0.15) is 32.6 Å². The Labute approximate surface area is 117 Å². The summed E-state index contributed by atoms with van der Waals surface area (Å²) in [6.45, 7) is 1.80. The molecule has 0 saturated heterocycles. The van der Waals surface area contributed by atoms with E-state index >= 15 is 0 Å². The van der Waals surface area contributed by atoms with Gasteiger partial charge >= 0.3 is 12.0 Å². The predicted molar refractivity (Wildman–Crippen MR) is 73.4 cm³/mol. The SMILES string of the molecule is CC(NC(=O)Nc1cnn(CC(=O)O)c1)C1CCCC1. The summed E-state index contributed by atoms with van der Waals surface area (Å²) in [4.78, 5) is 22.4. The van der Waals surface area contributed by atoms with Gasteiger partial charge in [0.25, 0.3) is 0 Å². The fourth-order valence-corrected chi connectivity index (χ4v) is 2.60. The van der Waals surface area contributed by atoms with Crippen LogP contribution in [0.2, 0.25) is 0 Å². The number of carboxylic acid groups (broad SMARTS) is 1. The van der Waals surface area contributed by atoms with Gasteiger partial charge < -0.3 is 15.7 Å². The van der Waals surface area contributed by atoms with Crippen molar-refractivity contribution in [1.29, 1.82) is 0 Å². The van der Waals surface area contributed by atoms with Crippen LogP contribution in [0.3, 0.4) is 0 Å². The van der Waals surface area contributed by atoms with Gasteiger partial charge in [-0.25, -0.2) is 4.79 Å². The maximum Gasteiger partial charge on any atom is 0.325 e. The summed E-state index contributed by atoms with van der Waals surface area (Å²) in [5, 5.41) is 18.1. The lowest BCUT2D eigenvalue weighted by Gasteiger charge is -2.20. The van der Waals surface area contributed by atoms with Crippen LogP contribution in [-0.2, 0) is 11.3 Å². The largest absolute Gasteiger partial charge is 0.480 e. The van der Waals surface area contributed by atoms with Crippen LogP contribution < -0.4 is 10.6 Å². The van der Waals surface area contributed by atoms with E-state index in [1.54, 1.807) is 0 Å². The minimum Gasteiger partial charge on any atom is -0.480 e. The molecule has 3 N–H and O–H groups in total. The van der Waals surface area contributed by atoms with Crippen molar-refractivity contribution < 1.29 is 14.7 Å². The van der Waals surface area contributed by atoms with E-state index in [1.165, 1.54) is 29.9 Å². The van der Waals surface area contributed by atoms with Crippen LogP contribution >= 0.6 is 0 Å². The molecule has 7 heteroatoms. The molecule has 20 heavy (non-hydrogen) atoms. The summed E-state index contributed by atoms with van der Waals surface area (Å²) in [6, 6.07) is -0.133. The van der Waals surface area contributed by atoms with E-state index in [4.69, 9.17) is 5.11 Å². The Hall–Kier alpha value is -2.05. The molecule has 1 aliphatic rings. The standard InChI is InChI=1S/C13H20N4O3/c1-9(10-4-2-3-5-10)15-13(20)16-11-6-14-17(7-11)8-12(18)19/h6-7,9-10H,2-5,8H2,1H3,(H,18,19)(H2,15,16,20). The minimum atomic E-state index is -0.973. The van der Waals surface area contributed by atoms with E-state index in [0.717, 1.165) is 12.8 Å². The van der Waals surface area contributed by atoms with E-state index in [0.29, 0.717) is 11.6 Å². The van der Waals surface area contributed by atoms with Crippen molar-refractivity contribution in [2.75, 3.05) is 5.32 Å².